The van der Waals surface area contributed by atoms with Crippen molar-refractivity contribution >= 4 is 10.8 Å². The largest absolute Gasteiger partial charge is 0.385 e. The number of fused-ring (bicyclic) bond motifs is 1. The molecule has 1 heteroatoms. The van der Waals surface area contributed by atoms with Crippen LogP contribution < -0.4 is 0 Å². The zero-order valence-corrected chi connectivity index (χ0v) is 7.90. The summed E-state index contributed by atoms with van der Waals surface area (Å²) in [6.45, 7) is 0. The summed E-state index contributed by atoms with van der Waals surface area (Å²) in [6, 6.07) is 14.5. The second-order valence-electron chi connectivity index (χ2n) is 4.09. The minimum Gasteiger partial charge on any atom is -0.385 e. The van der Waals surface area contributed by atoms with E-state index in [2.05, 4.69) is 24.3 Å². The summed E-state index contributed by atoms with van der Waals surface area (Å²) in [5.41, 5.74) is 0.556. The highest BCUT2D eigenvalue weighted by molar-refractivity contribution is 5.83. The molecule has 70 valence electrons. The van der Waals surface area contributed by atoms with E-state index in [0.29, 0.717) is 0 Å². The Balaban J connectivity index is 2.20. The maximum Gasteiger partial charge on any atom is 0.0899 e. The second-order valence-corrected chi connectivity index (χ2v) is 4.09. The molecule has 14 heavy (non-hydrogen) atoms. The zero-order valence-electron chi connectivity index (χ0n) is 7.90. The van der Waals surface area contributed by atoms with Crippen LogP contribution in [0.4, 0.5) is 0 Å². The summed E-state index contributed by atoms with van der Waals surface area (Å²) in [5.74, 6) is 0. The second kappa shape index (κ2) is 2.58. The molecule has 1 nitrogen and oxygen atoms in total. The van der Waals surface area contributed by atoms with Crippen molar-refractivity contribution in [3.63, 3.8) is 0 Å². The molecule has 0 bridgehead atoms. The molecule has 0 aliphatic heterocycles. The van der Waals surface area contributed by atoms with Crippen molar-refractivity contribution in [2.45, 2.75) is 18.4 Å². The minimum absolute atomic E-state index is 0.510. The third-order valence-electron chi connectivity index (χ3n) is 3.01. The van der Waals surface area contributed by atoms with Crippen LogP contribution in [0.5, 0.6) is 0 Å². The van der Waals surface area contributed by atoms with Crippen molar-refractivity contribution in [3.05, 3.63) is 48.0 Å². The maximum absolute atomic E-state index is 9.96. The van der Waals surface area contributed by atoms with Crippen LogP contribution in [0.1, 0.15) is 18.4 Å². The molecule has 3 rings (SSSR count). The molecule has 0 saturated heterocycles. The molecule has 2 aromatic rings. The molecule has 1 fully saturated rings. The van der Waals surface area contributed by atoms with E-state index >= 15 is 0 Å². The van der Waals surface area contributed by atoms with E-state index in [1.807, 2.05) is 18.2 Å². The molecule has 1 aliphatic carbocycles. The molecule has 1 saturated carbocycles. The maximum atomic E-state index is 9.96. The lowest BCUT2D eigenvalue weighted by atomic mass is 10.0. The standard InChI is InChI=1S/C13H12O/c14-13(7-8-13)12-6-5-10-3-1-2-4-11(10)9-12/h1-6,9,14H,7-8H2. The predicted octanol–water partition coefficient (Wildman–Crippen LogP) is 2.82. The summed E-state index contributed by atoms with van der Waals surface area (Å²) in [7, 11) is 0. The van der Waals surface area contributed by atoms with Crippen LogP contribution in [0.3, 0.4) is 0 Å². The zero-order chi connectivity index (χ0) is 9.60. The van der Waals surface area contributed by atoms with Crippen LogP contribution in [0.25, 0.3) is 10.8 Å². The number of aliphatic hydroxyl groups is 1. The summed E-state index contributed by atoms with van der Waals surface area (Å²) >= 11 is 0. The Morgan fingerprint density at radius 1 is 0.929 bits per heavy atom. The van der Waals surface area contributed by atoms with Crippen LogP contribution >= 0.6 is 0 Å². The molecular weight excluding hydrogens is 172 g/mol. The molecule has 0 radical (unpaired) electrons. The van der Waals surface area contributed by atoms with Gasteiger partial charge in [-0.3, -0.25) is 0 Å². The van der Waals surface area contributed by atoms with Crippen LogP contribution in [-0.2, 0) is 5.60 Å². The van der Waals surface area contributed by atoms with Crippen LogP contribution in [-0.4, -0.2) is 5.11 Å². The Bertz CT molecular complexity index is 483. The summed E-state index contributed by atoms with van der Waals surface area (Å²) < 4.78 is 0. The van der Waals surface area contributed by atoms with E-state index in [1.54, 1.807) is 0 Å². The van der Waals surface area contributed by atoms with Gasteiger partial charge in [0.15, 0.2) is 0 Å². The van der Waals surface area contributed by atoms with E-state index < -0.39 is 5.60 Å². The van der Waals surface area contributed by atoms with E-state index in [0.717, 1.165) is 18.4 Å². The Morgan fingerprint density at radius 3 is 2.36 bits per heavy atom. The van der Waals surface area contributed by atoms with Crippen molar-refractivity contribution < 1.29 is 5.11 Å². The van der Waals surface area contributed by atoms with Gasteiger partial charge in [-0.2, -0.15) is 0 Å². The van der Waals surface area contributed by atoms with Gasteiger partial charge in [0.25, 0.3) is 0 Å². The molecule has 1 aliphatic rings. The van der Waals surface area contributed by atoms with Crippen molar-refractivity contribution in [2.24, 2.45) is 0 Å². The van der Waals surface area contributed by atoms with Gasteiger partial charge in [0, 0.05) is 0 Å². The van der Waals surface area contributed by atoms with E-state index in [4.69, 9.17) is 0 Å². The lowest BCUT2D eigenvalue weighted by Gasteiger charge is -2.08. The third-order valence-corrected chi connectivity index (χ3v) is 3.01. The Kier molecular flexibility index (Phi) is 1.48. The molecule has 0 amide bonds. The fraction of sp³-hybridized carbons (Fsp3) is 0.231. The SMILES string of the molecule is OC1(c2ccc3ccccc3c2)CC1. The number of hydrogen-bond acceptors (Lipinski definition) is 1. The lowest BCUT2D eigenvalue weighted by molar-refractivity contribution is 0.151. The first-order chi connectivity index (χ1) is 6.78. The first-order valence-corrected chi connectivity index (χ1v) is 5.00. The monoisotopic (exact) mass is 184 g/mol. The lowest BCUT2D eigenvalue weighted by Crippen LogP contribution is -2.03. The van der Waals surface area contributed by atoms with Gasteiger partial charge in [-0.15, -0.1) is 0 Å². The predicted molar refractivity (Wildman–Crippen MR) is 57.1 cm³/mol. The van der Waals surface area contributed by atoms with Crippen molar-refractivity contribution in [2.75, 3.05) is 0 Å². The van der Waals surface area contributed by atoms with Crippen LogP contribution in [0, 0.1) is 0 Å². The molecule has 0 atom stereocenters. The molecule has 0 heterocycles. The van der Waals surface area contributed by atoms with E-state index in [-0.39, 0.29) is 0 Å². The van der Waals surface area contributed by atoms with Crippen molar-refractivity contribution in [3.8, 4) is 0 Å². The number of hydrogen-bond donors (Lipinski definition) is 1. The third kappa shape index (κ3) is 1.13. The van der Waals surface area contributed by atoms with Gasteiger partial charge < -0.3 is 5.11 Å². The first-order valence-electron chi connectivity index (χ1n) is 5.00. The smallest absolute Gasteiger partial charge is 0.0899 e. The fourth-order valence-electron chi connectivity index (χ4n) is 1.89. The highest BCUT2D eigenvalue weighted by atomic mass is 16.3. The van der Waals surface area contributed by atoms with Gasteiger partial charge in [-0.05, 0) is 35.2 Å². The molecule has 0 aromatic heterocycles. The summed E-state index contributed by atoms with van der Waals surface area (Å²) in [4.78, 5) is 0. The quantitative estimate of drug-likeness (QED) is 0.722. The first kappa shape index (κ1) is 8.01. The molecule has 0 spiro atoms. The Hall–Kier alpha value is -1.34. The van der Waals surface area contributed by atoms with Gasteiger partial charge in [0.05, 0.1) is 5.60 Å². The Labute approximate surface area is 83.0 Å². The average Bonchev–Trinajstić information content (AvgIpc) is 2.97. The van der Waals surface area contributed by atoms with Gasteiger partial charge in [-0.25, -0.2) is 0 Å². The fourth-order valence-corrected chi connectivity index (χ4v) is 1.89. The minimum atomic E-state index is -0.510. The molecule has 1 N–H and O–H groups in total. The van der Waals surface area contributed by atoms with Gasteiger partial charge >= 0.3 is 0 Å². The van der Waals surface area contributed by atoms with Gasteiger partial charge in [0.2, 0.25) is 0 Å². The van der Waals surface area contributed by atoms with E-state index in [9.17, 15) is 5.11 Å². The van der Waals surface area contributed by atoms with Crippen molar-refractivity contribution in [1.82, 2.24) is 0 Å². The van der Waals surface area contributed by atoms with Crippen LogP contribution in [0.15, 0.2) is 42.5 Å². The van der Waals surface area contributed by atoms with Gasteiger partial charge in [0.1, 0.15) is 0 Å². The Morgan fingerprint density at radius 2 is 1.64 bits per heavy atom. The normalized spacial score (nSPS) is 18.4. The van der Waals surface area contributed by atoms with Gasteiger partial charge in [-0.1, -0.05) is 36.4 Å². The van der Waals surface area contributed by atoms with E-state index in [1.165, 1.54) is 10.8 Å². The number of benzene rings is 2. The van der Waals surface area contributed by atoms with Crippen molar-refractivity contribution in [1.29, 1.82) is 0 Å². The summed E-state index contributed by atoms with van der Waals surface area (Å²) in [6.07, 6.45) is 1.82. The molecule has 0 unspecified atom stereocenters. The molecule has 2 aromatic carbocycles. The average molecular weight is 184 g/mol. The van der Waals surface area contributed by atoms with Crippen LogP contribution in [0.2, 0.25) is 0 Å². The highest BCUT2D eigenvalue weighted by Gasteiger charge is 2.41. The molecular formula is C13H12O. The summed E-state index contributed by atoms with van der Waals surface area (Å²) in [5, 5.41) is 12.4. The number of rotatable bonds is 1. The highest BCUT2D eigenvalue weighted by Crippen LogP contribution is 2.45. The topological polar surface area (TPSA) is 20.2 Å².